The maximum atomic E-state index is 14.2. The Hall–Kier alpha value is -2.26. The van der Waals surface area contributed by atoms with Crippen LogP contribution in [0.4, 0.5) is 19.0 Å². The van der Waals surface area contributed by atoms with Crippen LogP contribution in [0.3, 0.4) is 0 Å². The smallest absolute Gasteiger partial charge is 0.370 e. The summed E-state index contributed by atoms with van der Waals surface area (Å²) in [5, 5.41) is 9.80. The molecule has 2 atom stereocenters. The van der Waals surface area contributed by atoms with Crippen molar-refractivity contribution in [2.45, 2.75) is 37.0 Å². The van der Waals surface area contributed by atoms with Crippen LogP contribution in [0.15, 0.2) is 36.5 Å². The zero-order valence-electron chi connectivity index (χ0n) is 16.3. The van der Waals surface area contributed by atoms with Crippen LogP contribution in [0.5, 0.6) is 0 Å². The first kappa shape index (κ1) is 21.0. The monoisotopic (exact) mass is 441 g/mol. The van der Waals surface area contributed by atoms with E-state index >= 15 is 0 Å². The molecule has 10 heteroatoms. The van der Waals surface area contributed by atoms with Gasteiger partial charge in [-0.3, -0.25) is 9.69 Å². The molecule has 6 nitrogen and oxygen atoms in total. The summed E-state index contributed by atoms with van der Waals surface area (Å²) in [5.41, 5.74) is -1.94. The highest BCUT2D eigenvalue weighted by Gasteiger charge is 2.64. The quantitative estimate of drug-likeness (QED) is 0.744. The molecule has 30 heavy (non-hydrogen) atoms. The van der Waals surface area contributed by atoms with Crippen molar-refractivity contribution in [1.82, 2.24) is 20.0 Å². The number of hydrogen-bond donors (Lipinski definition) is 2. The predicted molar refractivity (Wildman–Crippen MR) is 107 cm³/mol. The number of alkyl halides is 3. The first-order chi connectivity index (χ1) is 14.3. The van der Waals surface area contributed by atoms with Gasteiger partial charge in [-0.15, -0.1) is 0 Å². The third-order valence-corrected chi connectivity index (χ3v) is 6.29. The van der Waals surface area contributed by atoms with Gasteiger partial charge in [0.15, 0.2) is 0 Å². The van der Waals surface area contributed by atoms with Gasteiger partial charge in [0.25, 0.3) is 5.91 Å². The first-order valence-electron chi connectivity index (χ1n) is 9.96. The van der Waals surface area contributed by atoms with Crippen molar-refractivity contribution < 1.29 is 18.0 Å². The van der Waals surface area contributed by atoms with E-state index in [1.807, 2.05) is 12.1 Å². The second-order valence-electron chi connectivity index (χ2n) is 7.65. The van der Waals surface area contributed by atoms with Crippen molar-refractivity contribution >= 4 is 23.3 Å². The normalized spacial score (nSPS) is 22.9. The average molecular weight is 442 g/mol. The Bertz CT molecular complexity index is 912. The number of benzene rings is 1. The van der Waals surface area contributed by atoms with E-state index in [1.54, 1.807) is 12.1 Å². The number of carbonyl (C=O) groups excluding carboxylic acids is 1. The number of hydrogen-bond acceptors (Lipinski definition) is 4. The van der Waals surface area contributed by atoms with Gasteiger partial charge in [0.1, 0.15) is 5.82 Å². The molecule has 3 heterocycles. The van der Waals surface area contributed by atoms with Gasteiger partial charge in [0.2, 0.25) is 5.54 Å². The summed E-state index contributed by atoms with van der Waals surface area (Å²) in [6.07, 6.45) is -1.96. The van der Waals surface area contributed by atoms with Crippen LogP contribution in [0, 0.1) is 0 Å². The topological polar surface area (TPSA) is 62.2 Å². The third kappa shape index (κ3) is 3.54. The van der Waals surface area contributed by atoms with Gasteiger partial charge in [-0.05, 0) is 37.6 Å². The lowest BCUT2D eigenvalue weighted by Gasteiger charge is -2.39. The number of amides is 1. The Morgan fingerprint density at radius 1 is 1.27 bits per heavy atom. The molecule has 2 N–H and O–H groups in total. The van der Waals surface area contributed by atoms with E-state index in [-0.39, 0.29) is 24.9 Å². The number of fused-ring (bicyclic) bond motifs is 1. The summed E-state index contributed by atoms with van der Waals surface area (Å²) >= 11 is 6.37. The third-order valence-electron chi connectivity index (χ3n) is 5.94. The molecule has 2 aliphatic heterocycles. The highest BCUT2D eigenvalue weighted by molar-refractivity contribution is 6.31. The van der Waals surface area contributed by atoms with E-state index in [2.05, 4.69) is 20.6 Å². The maximum absolute atomic E-state index is 14.2. The molecule has 2 aliphatic rings. The van der Waals surface area contributed by atoms with Crippen LogP contribution < -0.4 is 10.6 Å². The molecule has 0 radical (unpaired) electrons. The lowest BCUT2D eigenvalue weighted by molar-refractivity contribution is -0.219. The van der Waals surface area contributed by atoms with Crippen molar-refractivity contribution in [1.29, 1.82) is 0 Å². The second-order valence-corrected chi connectivity index (χ2v) is 8.06. The number of nitrogens with zero attached hydrogens (tertiary/aromatic N) is 3. The Kier molecular flexibility index (Phi) is 5.67. The van der Waals surface area contributed by atoms with Crippen LogP contribution in [0.1, 0.15) is 30.9 Å². The molecule has 1 aromatic heterocycles. The van der Waals surface area contributed by atoms with Crippen LogP contribution in [0.2, 0.25) is 5.02 Å². The lowest BCUT2D eigenvalue weighted by atomic mass is 9.91. The van der Waals surface area contributed by atoms with Crippen LogP contribution >= 0.6 is 11.6 Å². The Balaban J connectivity index is 1.62. The van der Waals surface area contributed by atoms with E-state index in [4.69, 9.17) is 11.6 Å². The molecule has 0 aliphatic carbocycles. The first-order valence-corrected chi connectivity index (χ1v) is 10.3. The van der Waals surface area contributed by atoms with Gasteiger partial charge >= 0.3 is 6.18 Å². The van der Waals surface area contributed by atoms with Gasteiger partial charge in [-0.2, -0.15) is 18.3 Å². The fourth-order valence-electron chi connectivity index (χ4n) is 4.39. The molecule has 2 unspecified atom stereocenters. The maximum Gasteiger partial charge on any atom is 0.422 e. The highest BCUT2D eigenvalue weighted by Crippen LogP contribution is 2.43. The van der Waals surface area contributed by atoms with E-state index < -0.39 is 24.0 Å². The minimum absolute atomic E-state index is 0.0265. The van der Waals surface area contributed by atoms with Crippen molar-refractivity contribution in [3.8, 4) is 0 Å². The molecular weight excluding hydrogens is 419 g/mol. The molecule has 1 saturated heterocycles. The van der Waals surface area contributed by atoms with E-state index in [1.165, 1.54) is 12.3 Å². The summed E-state index contributed by atoms with van der Waals surface area (Å²) < 4.78 is 43.5. The summed E-state index contributed by atoms with van der Waals surface area (Å²) in [7, 11) is 0. The number of rotatable bonds is 5. The van der Waals surface area contributed by atoms with Gasteiger partial charge in [0.05, 0.1) is 12.2 Å². The van der Waals surface area contributed by atoms with Gasteiger partial charge in [0, 0.05) is 30.6 Å². The number of nitrogens with one attached hydrogen (secondary N) is 2. The minimum atomic E-state index is -4.80. The standard InChI is InChI=1S/C20H23ClF3N5O/c21-15-6-2-1-5-14(15)16(28-11-3-4-12-28)13-26-18(30)19(20(22,23)24)8-10-25-17-7-9-27-29(17)19/h1-2,5-7,9,16,25H,3-4,8,10-13H2,(H,26,30). The number of anilines is 1. The minimum Gasteiger partial charge on any atom is -0.370 e. The summed E-state index contributed by atoms with van der Waals surface area (Å²) in [6.45, 7) is 1.68. The predicted octanol–water partition coefficient (Wildman–Crippen LogP) is 3.56. The Morgan fingerprint density at radius 3 is 2.70 bits per heavy atom. The summed E-state index contributed by atoms with van der Waals surface area (Å²) in [6, 6.07) is 8.39. The average Bonchev–Trinajstić information content (AvgIpc) is 3.40. The second kappa shape index (κ2) is 8.11. The molecule has 0 saturated carbocycles. The van der Waals surface area contributed by atoms with E-state index in [9.17, 15) is 18.0 Å². The molecule has 1 amide bonds. The lowest BCUT2D eigenvalue weighted by Crippen LogP contribution is -2.61. The molecule has 162 valence electrons. The van der Waals surface area contributed by atoms with Crippen molar-refractivity contribution in [2.75, 3.05) is 31.5 Å². The molecule has 4 rings (SSSR count). The van der Waals surface area contributed by atoms with Crippen molar-refractivity contribution in [2.24, 2.45) is 0 Å². The van der Waals surface area contributed by atoms with E-state index in [0.29, 0.717) is 5.02 Å². The van der Waals surface area contributed by atoms with Crippen molar-refractivity contribution in [3.63, 3.8) is 0 Å². The van der Waals surface area contributed by atoms with Crippen molar-refractivity contribution in [3.05, 3.63) is 47.1 Å². The fraction of sp³-hybridized carbons (Fsp3) is 0.500. The van der Waals surface area contributed by atoms with Crippen LogP contribution in [-0.4, -0.2) is 52.9 Å². The van der Waals surface area contributed by atoms with Gasteiger partial charge in [-0.1, -0.05) is 29.8 Å². The fourth-order valence-corrected chi connectivity index (χ4v) is 4.65. The summed E-state index contributed by atoms with van der Waals surface area (Å²) in [5.74, 6) is -0.923. The molecule has 1 fully saturated rings. The van der Waals surface area contributed by atoms with Gasteiger partial charge < -0.3 is 10.6 Å². The van der Waals surface area contributed by atoms with E-state index in [0.717, 1.165) is 36.2 Å². The van der Waals surface area contributed by atoms with Crippen LogP contribution in [-0.2, 0) is 10.3 Å². The number of halogens is 4. The number of likely N-dealkylation sites (tertiary alicyclic amines) is 1. The zero-order valence-corrected chi connectivity index (χ0v) is 17.0. The number of aromatic nitrogens is 2. The zero-order chi connectivity index (χ0) is 21.4. The molecule has 0 bridgehead atoms. The highest BCUT2D eigenvalue weighted by atomic mass is 35.5. The van der Waals surface area contributed by atoms with Gasteiger partial charge in [-0.25, -0.2) is 4.68 Å². The van der Waals surface area contributed by atoms with Crippen LogP contribution in [0.25, 0.3) is 0 Å². The molecule has 0 spiro atoms. The summed E-state index contributed by atoms with van der Waals surface area (Å²) in [4.78, 5) is 15.2. The Labute approximate surface area is 177 Å². The largest absolute Gasteiger partial charge is 0.422 e. The Morgan fingerprint density at radius 2 is 2.00 bits per heavy atom. The number of carbonyl (C=O) groups is 1. The molecule has 2 aromatic rings. The molecular formula is C20H23ClF3N5O. The molecule has 1 aromatic carbocycles. The SMILES string of the molecule is O=C(NCC(c1ccccc1Cl)N1CCCC1)C1(C(F)(F)F)CCNc2ccnn21.